The summed E-state index contributed by atoms with van der Waals surface area (Å²) in [7, 11) is 1.56. The van der Waals surface area contributed by atoms with E-state index in [1.54, 1.807) is 24.1 Å². The van der Waals surface area contributed by atoms with Gasteiger partial charge in [-0.15, -0.1) is 5.10 Å². The minimum atomic E-state index is -0.969. The highest BCUT2D eigenvalue weighted by Gasteiger charge is 2.27. The summed E-state index contributed by atoms with van der Waals surface area (Å²) in [6, 6.07) is 4.84. The van der Waals surface area contributed by atoms with Gasteiger partial charge in [0.2, 0.25) is 11.9 Å². The van der Waals surface area contributed by atoms with Crippen molar-refractivity contribution in [2.75, 3.05) is 25.9 Å². The predicted molar refractivity (Wildman–Crippen MR) is 92.8 cm³/mol. The molecule has 4 N–H and O–H groups in total. The Morgan fingerprint density at radius 3 is 2.92 bits per heavy atom. The number of amides is 1. The van der Waals surface area contributed by atoms with Crippen molar-refractivity contribution in [3.63, 3.8) is 0 Å². The SMILES string of the molecule is COc1ccc(C(=O)O)cc1CC1CCN(C(=O)Cc2nc(N)n[nH]2)C1. The Labute approximate surface area is 150 Å². The number of nitrogens with zero attached hydrogens (tertiary/aromatic N) is 3. The van der Waals surface area contributed by atoms with Gasteiger partial charge in [0, 0.05) is 13.1 Å². The molecule has 0 radical (unpaired) electrons. The molecule has 26 heavy (non-hydrogen) atoms. The molecule has 138 valence electrons. The lowest BCUT2D eigenvalue weighted by Gasteiger charge is -2.17. The lowest BCUT2D eigenvalue weighted by Crippen LogP contribution is -2.30. The molecule has 1 atom stereocenters. The van der Waals surface area contributed by atoms with Crippen molar-refractivity contribution in [1.82, 2.24) is 20.1 Å². The molecule has 9 nitrogen and oxygen atoms in total. The van der Waals surface area contributed by atoms with Crippen molar-refractivity contribution in [1.29, 1.82) is 0 Å². The predicted octanol–water partition coefficient (Wildman–Crippen LogP) is 0.727. The van der Waals surface area contributed by atoms with Crippen LogP contribution in [-0.2, 0) is 17.6 Å². The highest BCUT2D eigenvalue weighted by molar-refractivity contribution is 5.88. The molecule has 1 fully saturated rings. The zero-order valence-electron chi connectivity index (χ0n) is 14.4. The first-order valence-corrected chi connectivity index (χ1v) is 8.31. The number of likely N-dealkylation sites (tertiary alicyclic amines) is 1. The molecule has 2 aromatic rings. The first-order chi connectivity index (χ1) is 12.5. The number of nitrogen functional groups attached to an aromatic ring is 1. The fourth-order valence-electron chi connectivity index (χ4n) is 3.25. The summed E-state index contributed by atoms with van der Waals surface area (Å²) in [5.74, 6) is 0.483. The van der Waals surface area contributed by atoms with Gasteiger partial charge in [-0.3, -0.25) is 9.89 Å². The van der Waals surface area contributed by atoms with Crippen LogP contribution in [0.1, 0.15) is 28.2 Å². The topological polar surface area (TPSA) is 134 Å². The molecule has 1 aliphatic rings. The van der Waals surface area contributed by atoms with E-state index >= 15 is 0 Å². The second-order valence-electron chi connectivity index (χ2n) is 6.35. The normalized spacial score (nSPS) is 16.7. The number of aromatic amines is 1. The van der Waals surface area contributed by atoms with Gasteiger partial charge in [0.1, 0.15) is 11.6 Å². The zero-order chi connectivity index (χ0) is 18.7. The molecule has 0 saturated carbocycles. The number of carbonyl (C=O) groups is 2. The number of hydrogen-bond donors (Lipinski definition) is 3. The Hall–Kier alpha value is -3.10. The number of carbonyl (C=O) groups excluding carboxylic acids is 1. The van der Waals surface area contributed by atoms with E-state index in [-0.39, 0.29) is 29.8 Å². The summed E-state index contributed by atoms with van der Waals surface area (Å²) in [4.78, 5) is 29.3. The van der Waals surface area contributed by atoms with E-state index in [1.807, 2.05) is 0 Å². The average Bonchev–Trinajstić information content (AvgIpc) is 3.24. The number of nitrogens with two attached hydrogens (primary N) is 1. The van der Waals surface area contributed by atoms with Crippen molar-refractivity contribution in [2.45, 2.75) is 19.3 Å². The maximum absolute atomic E-state index is 12.4. The monoisotopic (exact) mass is 359 g/mol. The van der Waals surface area contributed by atoms with Crippen LogP contribution in [0.5, 0.6) is 5.75 Å². The summed E-state index contributed by atoms with van der Waals surface area (Å²) in [5, 5.41) is 15.5. The number of hydrogen-bond acceptors (Lipinski definition) is 6. The number of benzene rings is 1. The van der Waals surface area contributed by atoms with E-state index in [2.05, 4.69) is 15.2 Å². The number of anilines is 1. The van der Waals surface area contributed by atoms with Crippen LogP contribution >= 0.6 is 0 Å². The zero-order valence-corrected chi connectivity index (χ0v) is 14.4. The molecule has 1 aromatic heterocycles. The third-order valence-electron chi connectivity index (χ3n) is 4.54. The minimum Gasteiger partial charge on any atom is -0.496 e. The summed E-state index contributed by atoms with van der Waals surface area (Å²) >= 11 is 0. The Bertz CT molecular complexity index is 819. The summed E-state index contributed by atoms with van der Waals surface area (Å²) in [6.45, 7) is 1.27. The van der Waals surface area contributed by atoms with Crippen molar-refractivity contribution < 1.29 is 19.4 Å². The van der Waals surface area contributed by atoms with E-state index in [0.717, 1.165) is 12.0 Å². The molecular formula is C17H21N5O4. The van der Waals surface area contributed by atoms with E-state index in [4.69, 9.17) is 10.5 Å². The standard InChI is InChI=1S/C17H21N5O4/c1-26-13-3-2-11(16(24)25)7-12(13)6-10-4-5-22(9-10)15(23)8-14-19-17(18)21-20-14/h2-3,7,10H,4-6,8-9H2,1H3,(H,24,25)(H3,18,19,20,21). The maximum Gasteiger partial charge on any atom is 0.335 e. The molecule has 1 aliphatic heterocycles. The highest BCUT2D eigenvalue weighted by atomic mass is 16.5. The minimum absolute atomic E-state index is 0.0325. The van der Waals surface area contributed by atoms with Crippen LogP contribution in [0, 0.1) is 5.92 Å². The Kier molecular flexibility index (Phi) is 5.06. The van der Waals surface area contributed by atoms with Gasteiger partial charge in [-0.1, -0.05) is 0 Å². The first kappa shape index (κ1) is 17.7. The largest absolute Gasteiger partial charge is 0.496 e. The summed E-state index contributed by atoms with van der Waals surface area (Å²) in [5.41, 5.74) is 6.52. The molecule has 9 heteroatoms. The van der Waals surface area contributed by atoms with Crippen LogP contribution in [0.25, 0.3) is 0 Å². The van der Waals surface area contributed by atoms with Crippen LogP contribution in [0.2, 0.25) is 0 Å². The van der Waals surface area contributed by atoms with Crippen LogP contribution in [0.15, 0.2) is 18.2 Å². The number of H-pyrrole nitrogens is 1. The molecule has 0 bridgehead atoms. The van der Waals surface area contributed by atoms with E-state index < -0.39 is 5.97 Å². The van der Waals surface area contributed by atoms with Crippen LogP contribution in [0.4, 0.5) is 5.95 Å². The fraction of sp³-hybridized carbons (Fsp3) is 0.412. The summed E-state index contributed by atoms with van der Waals surface area (Å²) in [6.07, 6.45) is 1.64. The molecular weight excluding hydrogens is 338 g/mol. The van der Waals surface area contributed by atoms with Gasteiger partial charge in [0.15, 0.2) is 0 Å². The van der Waals surface area contributed by atoms with Gasteiger partial charge < -0.3 is 20.5 Å². The van der Waals surface area contributed by atoms with E-state index in [9.17, 15) is 14.7 Å². The Morgan fingerprint density at radius 1 is 1.46 bits per heavy atom. The third-order valence-corrected chi connectivity index (χ3v) is 4.54. The first-order valence-electron chi connectivity index (χ1n) is 8.31. The van der Waals surface area contributed by atoms with Gasteiger partial charge in [-0.25, -0.2) is 4.79 Å². The number of nitrogens with one attached hydrogen (secondary N) is 1. The number of aromatic nitrogens is 3. The van der Waals surface area contributed by atoms with Crippen molar-refractivity contribution >= 4 is 17.8 Å². The molecule has 1 unspecified atom stereocenters. The quantitative estimate of drug-likeness (QED) is 0.692. The number of methoxy groups -OCH3 is 1. The van der Waals surface area contributed by atoms with Crippen molar-refractivity contribution in [2.24, 2.45) is 5.92 Å². The molecule has 0 spiro atoms. The molecule has 1 saturated heterocycles. The third kappa shape index (κ3) is 3.93. The average molecular weight is 359 g/mol. The van der Waals surface area contributed by atoms with Gasteiger partial charge in [0.25, 0.3) is 0 Å². The van der Waals surface area contributed by atoms with E-state index in [1.165, 1.54) is 6.07 Å². The number of aromatic carboxylic acids is 1. The van der Waals surface area contributed by atoms with Crippen LogP contribution < -0.4 is 10.5 Å². The molecule has 1 amide bonds. The lowest BCUT2D eigenvalue weighted by molar-refractivity contribution is -0.129. The van der Waals surface area contributed by atoms with Crippen molar-refractivity contribution in [3.8, 4) is 5.75 Å². The van der Waals surface area contributed by atoms with Gasteiger partial charge in [-0.2, -0.15) is 4.98 Å². The molecule has 1 aromatic carbocycles. The maximum atomic E-state index is 12.4. The van der Waals surface area contributed by atoms with Gasteiger partial charge in [-0.05, 0) is 42.5 Å². The second-order valence-corrected chi connectivity index (χ2v) is 6.35. The number of rotatable bonds is 6. The highest BCUT2D eigenvalue weighted by Crippen LogP contribution is 2.27. The number of ether oxygens (including phenoxy) is 1. The lowest BCUT2D eigenvalue weighted by atomic mass is 9.96. The van der Waals surface area contributed by atoms with E-state index in [0.29, 0.717) is 31.1 Å². The summed E-state index contributed by atoms with van der Waals surface area (Å²) < 4.78 is 5.34. The Balaban J connectivity index is 1.63. The number of carboxylic acid groups (broad SMARTS) is 1. The van der Waals surface area contributed by atoms with Gasteiger partial charge in [0.05, 0.1) is 19.1 Å². The smallest absolute Gasteiger partial charge is 0.335 e. The Morgan fingerprint density at radius 2 is 2.27 bits per heavy atom. The van der Waals surface area contributed by atoms with Crippen molar-refractivity contribution in [3.05, 3.63) is 35.2 Å². The van der Waals surface area contributed by atoms with Crippen LogP contribution in [-0.4, -0.2) is 57.3 Å². The number of carboxylic acids is 1. The van der Waals surface area contributed by atoms with Gasteiger partial charge >= 0.3 is 5.97 Å². The molecule has 0 aliphatic carbocycles. The second kappa shape index (κ2) is 7.42. The molecule has 2 heterocycles. The molecule has 3 rings (SSSR count). The fourth-order valence-corrected chi connectivity index (χ4v) is 3.25. The van der Waals surface area contributed by atoms with Crippen LogP contribution in [0.3, 0.4) is 0 Å².